The molecular formula is C21H22N3O4S+. The Labute approximate surface area is 172 Å². The fourth-order valence-corrected chi connectivity index (χ4v) is 3.84. The van der Waals surface area contributed by atoms with Gasteiger partial charge in [0.1, 0.15) is 11.8 Å². The number of ether oxygens (including phenoxy) is 1. The molecule has 0 saturated carbocycles. The maximum atomic E-state index is 12.6. The minimum Gasteiger partial charge on any atom is -0.495 e. The van der Waals surface area contributed by atoms with Gasteiger partial charge in [0.15, 0.2) is 6.54 Å². The maximum absolute atomic E-state index is 12.6. The summed E-state index contributed by atoms with van der Waals surface area (Å²) >= 11 is 1.64. The number of nitro groups is 1. The standard InChI is InChI=1S/C21H21N3O4S/c1-14-5-7-15(8-6-14)21(19-4-3-11-29-19)22-13-20(25)23-17-12-16(24(26)27)9-10-18(17)28-2/h3-12,21-22H,13H2,1-2H3,(H,23,25)/p+1/t21-/m0/s1. The van der Waals surface area contributed by atoms with Gasteiger partial charge in [0.25, 0.3) is 11.6 Å². The van der Waals surface area contributed by atoms with Gasteiger partial charge in [0.05, 0.1) is 22.6 Å². The average molecular weight is 412 g/mol. The van der Waals surface area contributed by atoms with E-state index in [9.17, 15) is 14.9 Å². The van der Waals surface area contributed by atoms with Crippen molar-refractivity contribution in [2.75, 3.05) is 19.0 Å². The Hall–Kier alpha value is -3.23. The number of carbonyl (C=O) groups is 1. The number of methoxy groups -OCH3 is 1. The van der Waals surface area contributed by atoms with Crippen molar-refractivity contribution in [3.63, 3.8) is 0 Å². The van der Waals surface area contributed by atoms with Gasteiger partial charge in [-0.15, -0.1) is 11.3 Å². The number of hydrogen-bond acceptors (Lipinski definition) is 5. The Kier molecular flexibility index (Phi) is 6.58. The highest BCUT2D eigenvalue weighted by Crippen LogP contribution is 2.28. The van der Waals surface area contributed by atoms with E-state index in [0.29, 0.717) is 5.75 Å². The maximum Gasteiger partial charge on any atom is 0.279 e. The molecule has 0 aliphatic carbocycles. The summed E-state index contributed by atoms with van der Waals surface area (Å²) in [4.78, 5) is 24.2. The molecule has 150 valence electrons. The Balaban J connectivity index is 1.73. The number of nitrogens with one attached hydrogen (secondary N) is 1. The molecular weight excluding hydrogens is 390 g/mol. The van der Waals surface area contributed by atoms with Crippen molar-refractivity contribution in [1.29, 1.82) is 0 Å². The van der Waals surface area contributed by atoms with Gasteiger partial charge in [-0.05, 0) is 24.4 Å². The normalized spacial score (nSPS) is 11.7. The first-order valence-electron chi connectivity index (χ1n) is 9.03. The molecule has 1 amide bonds. The summed E-state index contributed by atoms with van der Waals surface area (Å²) in [5.74, 6) is 0.106. The fourth-order valence-electron chi connectivity index (χ4n) is 2.99. The molecule has 7 nitrogen and oxygen atoms in total. The van der Waals surface area contributed by atoms with Crippen LogP contribution in [0.15, 0.2) is 60.0 Å². The molecule has 3 rings (SSSR count). The molecule has 3 aromatic rings. The van der Waals surface area contributed by atoms with Crippen molar-refractivity contribution in [2.45, 2.75) is 13.0 Å². The number of anilines is 1. The van der Waals surface area contributed by atoms with Crippen molar-refractivity contribution in [3.8, 4) is 5.75 Å². The third kappa shape index (κ3) is 5.18. The minimum atomic E-state index is -0.508. The Morgan fingerprint density at radius 2 is 2.00 bits per heavy atom. The van der Waals surface area contributed by atoms with Gasteiger partial charge in [0.2, 0.25) is 0 Å². The predicted octanol–water partition coefficient (Wildman–Crippen LogP) is 3.26. The molecule has 1 aromatic heterocycles. The van der Waals surface area contributed by atoms with E-state index in [4.69, 9.17) is 4.74 Å². The van der Waals surface area contributed by atoms with E-state index in [0.717, 1.165) is 10.4 Å². The van der Waals surface area contributed by atoms with E-state index < -0.39 is 4.92 Å². The molecule has 3 N–H and O–H groups in total. The van der Waals surface area contributed by atoms with E-state index in [1.165, 1.54) is 30.9 Å². The van der Waals surface area contributed by atoms with Crippen molar-refractivity contribution in [1.82, 2.24) is 0 Å². The number of aryl methyl sites for hydroxylation is 1. The van der Waals surface area contributed by atoms with Gasteiger partial charge in [-0.3, -0.25) is 14.9 Å². The topological polar surface area (TPSA) is 98.1 Å². The zero-order valence-corrected chi connectivity index (χ0v) is 16.9. The average Bonchev–Trinajstić information content (AvgIpc) is 3.24. The molecule has 2 aromatic carbocycles. The van der Waals surface area contributed by atoms with Crippen molar-refractivity contribution >= 4 is 28.6 Å². The summed E-state index contributed by atoms with van der Waals surface area (Å²) in [6, 6.07) is 16.4. The van der Waals surface area contributed by atoms with Gasteiger partial charge in [-0.1, -0.05) is 35.9 Å². The number of nitrogens with two attached hydrogens (primary N) is 1. The lowest BCUT2D eigenvalue weighted by Gasteiger charge is -2.15. The number of quaternary nitrogens is 1. The van der Waals surface area contributed by atoms with E-state index in [-0.39, 0.29) is 29.9 Å². The summed E-state index contributed by atoms with van der Waals surface area (Å²) in [6.45, 7) is 2.19. The lowest BCUT2D eigenvalue weighted by Crippen LogP contribution is -2.87. The quantitative estimate of drug-likeness (QED) is 0.438. The van der Waals surface area contributed by atoms with Crippen LogP contribution in [0.1, 0.15) is 22.0 Å². The number of carbonyl (C=O) groups excluding carboxylic acids is 1. The number of amides is 1. The van der Waals surface area contributed by atoms with Crippen LogP contribution < -0.4 is 15.4 Å². The molecule has 0 radical (unpaired) electrons. The van der Waals surface area contributed by atoms with Crippen LogP contribution in [0.5, 0.6) is 5.75 Å². The molecule has 0 aliphatic heterocycles. The number of thiophene rings is 1. The predicted molar refractivity (Wildman–Crippen MR) is 112 cm³/mol. The molecule has 0 saturated heterocycles. The van der Waals surface area contributed by atoms with E-state index in [1.807, 2.05) is 29.8 Å². The van der Waals surface area contributed by atoms with Gasteiger partial charge in [0, 0.05) is 17.7 Å². The molecule has 1 heterocycles. The first kappa shape index (κ1) is 20.5. The van der Waals surface area contributed by atoms with Crippen molar-refractivity contribution < 1.29 is 19.8 Å². The summed E-state index contributed by atoms with van der Waals surface area (Å²) in [6.07, 6.45) is 0. The Bertz CT molecular complexity index is 988. The molecule has 8 heteroatoms. The van der Waals surface area contributed by atoms with Crippen LogP contribution in [-0.2, 0) is 4.79 Å². The van der Waals surface area contributed by atoms with Crippen LogP contribution in [0.25, 0.3) is 0 Å². The van der Waals surface area contributed by atoms with Crippen molar-refractivity contribution in [3.05, 3.63) is 86.1 Å². The van der Waals surface area contributed by atoms with Crippen LogP contribution >= 0.6 is 11.3 Å². The van der Waals surface area contributed by atoms with Crippen LogP contribution in [0.2, 0.25) is 0 Å². The Morgan fingerprint density at radius 1 is 1.24 bits per heavy atom. The molecule has 0 spiro atoms. The number of non-ortho nitro benzene ring substituents is 1. The largest absolute Gasteiger partial charge is 0.495 e. The first-order chi connectivity index (χ1) is 14.0. The van der Waals surface area contributed by atoms with Crippen molar-refractivity contribution in [2.24, 2.45) is 0 Å². The molecule has 29 heavy (non-hydrogen) atoms. The first-order valence-corrected chi connectivity index (χ1v) is 9.91. The third-order valence-corrected chi connectivity index (χ3v) is 5.45. The number of rotatable bonds is 8. The molecule has 0 aliphatic rings. The van der Waals surface area contributed by atoms with Crippen LogP contribution in [0, 0.1) is 17.0 Å². The Morgan fingerprint density at radius 3 is 2.62 bits per heavy atom. The molecule has 0 unspecified atom stereocenters. The zero-order chi connectivity index (χ0) is 20.8. The van der Waals surface area contributed by atoms with E-state index >= 15 is 0 Å². The number of hydrogen-bond donors (Lipinski definition) is 2. The lowest BCUT2D eigenvalue weighted by atomic mass is 10.0. The zero-order valence-electron chi connectivity index (χ0n) is 16.1. The van der Waals surface area contributed by atoms with Gasteiger partial charge in [-0.25, -0.2) is 0 Å². The lowest BCUT2D eigenvalue weighted by molar-refractivity contribution is -0.675. The fraction of sp³-hybridized carbons (Fsp3) is 0.190. The summed E-state index contributed by atoms with van der Waals surface area (Å²) in [5, 5.41) is 17.7. The highest BCUT2D eigenvalue weighted by Gasteiger charge is 2.21. The second-order valence-electron chi connectivity index (χ2n) is 6.53. The van der Waals surface area contributed by atoms with Gasteiger partial charge in [-0.2, -0.15) is 0 Å². The van der Waals surface area contributed by atoms with Crippen LogP contribution in [0.3, 0.4) is 0 Å². The highest BCUT2D eigenvalue weighted by atomic mass is 32.1. The van der Waals surface area contributed by atoms with Crippen LogP contribution in [-0.4, -0.2) is 24.5 Å². The van der Waals surface area contributed by atoms with E-state index in [1.54, 1.807) is 11.3 Å². The smallest absolute Gasteiger partial charge is 0.279 e. The second-order valence-corrected chi connectivity index (χ2v) is 7.51. The highest BCUT2D eigenvalue weighted by molar-refractivity contribution is 7.10. The second kappa shape index (κ2) is 9.31. The van der Waals surface area contributed by atoms with Gasteiger partial charge >= 0.3 is 0 Å². The number of nitro benzene ring substituents is 1. The third-order valence-electron chi connectivity index (χ3n) is 4.49. The summed E-state index contributed by atoms with van der Waals surface area (Å²) in [7, 11) is 1.45. The van der Waals surface area contributed by atoms with Crippen LogP contribution in [0.4, 0.5) is 11.4 Å². The summed E-state index contributed by atoms with van der Waals surface area (Å²) < 4.78 is 5.20. The van der Waals surface area contributed by atoms with Gasteiger partial charge < -0.3 is 15.4 Å². The SMILES string of the molecule is COc1ccc([N+](=O)[O-])cc1NC(=O)C[NH2+][C@@H](c1ccc(C)cc1)c1cccs1. The minimum absolute atomic E-state index is 0.00615. The molecule has 1 atom stereocenters. The molecule has 0 fully saturated rings. The summed E-state index contributed by atoms with van der Waals surface area (Å²) in [5.41, 5.74) is 2.46. The van der Waals surface area contributed by atoms with E-state index in [2.05, 4.69) is 29.6 Å². The number of nitrogens with zero attached hydrogens (tertiary/aromatic N) is 1. The monoisotopic (exact) mass is 412 g/mol. The number of benzene rings is 2. The molecule has 0 bridgehead atoms.